The highest BCUT2D eigenvalue weighted by Crippen LogP contribution is 2.29. The van der Waals surface area contributed by atoms with Crippen molar-refractivity contribution in [3.63, 3.8) is 0 Å². The maximum absolute atomic E-state index is 12.6. The first-order valence-corrected chi connectivity index (χ1v) is 7.79. The van der Waals surface area contributed by atoms with Crippen molar-refractivity contribution in [3.8, 4) is 0 Å². The van der Waals surface area contributed by atoms with Crippen LogP contribution in [-0.2, 0) is 12.6 Å². The highest BCUT2D eigenvalue weighted by Gasteiger charge is 2.28. The highest BCUT2D eigenvalue weighted by molar-refractivity contribution is 5.98. The van der Waals surface area contributed by atoms with E-state index in [9.17, 15) is 20.0 Å². The van der Waals surface area contributed by atoms with Gasteiger partial charge in [-0.3, -0.25) is 19.6 Å². The van der Waals surface area contributed by atoms with E-state index in [0.29, 0.717) is 22.3 Å². The van der Waals surface area contributed by atoms with E-state index < -0.39 is 16.4 Å². The van der Waals surface area contributed by atoms with E-state index in [4.69, 9.17) is 0 Å². The van der Waals surface area contributed by atoms with Crippen molar-refractivity contribution in [2.24, 2.45) is 7.05 Å². The molecule has 0 bridgehead atoms. The zero-order valence-corrected chi connectivity index (χ0v) is 15.0. The summed E-state index contributed by atoms with van der Waals surface area (Å²) in [6.45, 7) is 6.47. The zero-order chi connectivity index (χ0) is 18.9. The molecule has 2 rings (SSSR count). The number of benzene rings is 1. The molecule has 0 aliphatic heterocycles. The Morgan fingerprint density at radius 3 is 2.56 bits per heavy atom. The Morgan fingerprint density at radius 2 is 2.04 bits per heavy atom. The molecule has 8 heteroatoms. The third-order valence-corrected chi connectivity index (χ3v) is 4.26. The van der Waals surface area contributed by atoms with Crippen molar-refractivity contribution in [1.29, 1.82) is 0 Å². The lowest BCUT2D eigenvalue weighted by Gasteiger charge is -2.23. The van der Waals surface area contributed by atoms with Crippen molar-refractivity contribution in [3.05, 3.63) is 56.4 Å². The Balaban J connectivity index is 2.27. The van der Waals surface area contributed by atoms with Crippen LogP contribution in [0.4, 0.5) is 5.69 Å². The van der Waals surface area contributed by atoms with E-state index in [-0.39, 0.29) is 17.8 Å². The van der Waals surface area contributed by atoms with Crippen LogP contribution < -0.4 is 5.32 Å². The normalized spacial score (nSPS) is 13.4. The monoisotopic (exact) mass is 346 g/mol. The fourth-order valence-electron chi connectivity index (χ4n) is 2.95. The number of aryl methyl sites for hydroxylation is 3. The average molecular weight is 346 g/mol. The number of hydrogen-bond donors (Lipinski definition) is 2. The second-order valence-corrected chi connectivity index (χ2v) is 6.48. The summed E-state index contributed by atoms with van der Waals surface area (Å²) in [5.41, 5.74) is 0.953. The summed E-state index contributed by atoms with van der Waals surface area (Å²) in [6.07, 6.45) is 3.19. The van der Waals surface area contributed by atoms with Crippen LogP contribution in [-0.4, -0.2) is 32.3 Å². The molecule has 134 valence electrons. The number of nitro groups is 1. The van der Waals surface area contributed by atoms with Crippen LogP contribution in [0.5, 0.6) is 0 Å². The van der Waals surface area contributed by atoms with Gasteiger partial charge in [0.25, 0.3) is 11.6 Å². The average Bonchev–Trinajstić information content (AvgIpc) is 2.91. The third kappa shape index (κ3) is 3.69. The number of nitrogens with zero attached hydrogens (tertiary/aromatic N) is 3. The number of carbonyl (C=O) groups is 1. The standard InChI is InChI=1S/C17H22N4O4/c1-10-6-11(2)15(21(24)25)12(3)14(10)16(22)18-9-17(4,23)13-7-19-20(5)8-13/h6-8,23H,9H2,1-5H3,(H,18,22). The van der Waals surface area contributed by atoms with E-state index in [1.165, 1.54) is 6.20 Å². The van der Waals surface area contributed by atoms with Gasteiger partial charge in [-0.1, -0.05) is 0 Å². The summed E-state index contributed by atoms with van der Waals surface area (Å²) in [5, 5.41) is 28.5. The smallest absolute Gasteiger partial charge is 0.275 e. The van der Waals surface area contributed by atoms with Crippen LogP contribution in [0, 0.1) is 30.9 Å². The lowest BCUT2D eigenvalue weighted by molar-refractivity contribution is -0.386. The van der Waals surface area contributed by atoms with Gasteiger partial charge >= 0.3 is 0 Å². The molecule has 0 radical (unpaired) electrons. The van der Waals surface area contributed by atoms with Gasteiger partial charge in [0.05, 0.1) is 23.2 Å². The Hall–Kier alpha value is -2.74. The van der Waals surface area contributed by atoms with Crippen molar-refractivity contribution in [2.45, 2.75) is 33.3 Å². The number of nitrogens with one attached hydrogen (secondary N) is 1. The van der Waals surface area contributed by atoms with Crippen molar-refractivity contribution < 1.29 is 14.8 Å². The number of hydrogen-bond acceptors (Lipinski definition) is 5. The summed E-state index contributed by atoms with van der Waals surface area (Å²) in [7, 11) is 1.73. The number of amides is 1. The van der Waals surface area contributed by atoms with E-state index >= 15 is 0 Å². The van der Waals surface area contributed by atoms with Gasteiger partial charge in [-0.2, -0.15) is 5.10 Å². The van der Waals surface area contributed by atoms with Crippen molar-refractivity contribution in [1.82, 2.24) is 15.1 Å². The Labute approximate surface area is 145 Å². The van der Waals surface area contributed by atoms with Gasteiger partial charge in [0.2, 0.25) is 0 Å². The molecule has 2 N–H and O–H groups in total. The molecule has 1 heterocycles. The lowest BCUT2D eigenvalue weighted by Crippen LogP contribution is -2.39. The molecular weight excluding hydrogens is 324 g/mol. The lowest BCUT2D eigenvalue weighted by atomic mass is 9.95. The number of aromatic nitrogens is 2. The summed E-state index contributed by atoms with van der Waals surface area (Å²) in [4.78, 5) is 23.4. The minimum atomic E-state index is -1.30. The molecule has 25 heavy (non-hydrogen) atoms. The second-order valence-electron chi connectivity index (χ2n) is 6.48. The molecule has 0 aliphatic carbocycles. The predicted molar refractivity (Wildman–Crippen MR) is 92.4 cm³/mol. The summed E-state index contributed by atoms with van der Waals surface area (Å²) in [6, 6.07) is 1.62. The Kier molecular flexibility index (Phi) is 4.94. The number of aliphatic hydroxyl groups is 1. The maximum atomic E-state index is 12.6. The largest absolute Gasteiger partial charge is 0.383 e. The first-order valence-electron chi connectivity index (χ1n) is 7.79. The molecule has 0 fully saturated rings. The van der Waals surface area contributed by atoms with Crippen LogP contribution in [0.1, 0.15) is 39.5 Å². The molecule has 1 aromatic carbocycles. The summed E-state index contributed by atoms with van der Waals surface area (Å²) in [5.74, 6) is -0.456. The maximum Gasteiger partial charge on any atom is 0.275 e. The molecule has 1 atom stereocenters. The predicted octanol–water partition coefficient (Wildman–Crippen LogP) is 1.89. The van der Waals surface area contributed by atoms with Crippen molar-refractivity contribution in [2.75, 3.05) is 6.54 Å². The molecule has 1 amide bonds. The first kappa shape index (κ1) is 18.6. The number of carbonyl (C=O) groups excluding carboxylic acids is 1. The van der Waals surface area contributed by atoms with E-state index in [1.807, 2.05) is 0 Å². The quantitative estimate of drug-likeness (QED) is 0.634. The Bertz CT molecular complexity index is 839. The van der Waals surface area contributed by atoms with Gasteiger partial charge in [0, 0.05) is 29.9 Å². The van der Waals surface area contributed by atoms with Gasteiger partial charge in [0.15, 0.2) is 0 Å². The van der Waals surface area contributed by atoms with Crippen LogP contribution in [0.15, 0.2) is 18.5 Å². The SMILES string of the molecule is Cc1cc(C)c([N+](=O)[O-])c(C)c1C(=O)NCC(C)(O)c1cnn(C)c1. The van der Waals surface area contributed by atoms with E-state index in [1.54, 1.807) is 51.7 Å². The number of rotatable bonds is 5. The van der Waals surface area contributed by atoms with E-state index in [0.717, 1.165) is 0 Å². The zero-order valence-electron chi connectivity index (χ0n) is 15.0. The van der Waals surface area contributed by atoms with Gasteiger partial charge in [-0.05, 0) is 39.3 Å². The molecule has 0 spiro atoms. The Morgan fingerprint density at radius 1 is 1.40 bits per heavy atom. The van der Waals surface area contributed by atoms with Crippen LogP contribution in [0.25, 0.3) is 0 Å². The summed E-state index contributed by atoms with van der Waals surface area (Å²) < 4.78 is 1.56. The molecule has 1 unspecified atom stereocenters. The molecule has 8 nitrogen and oxygen atoms in total. The number of nitro benzene ring substituents is 1. The van der Waals surface area contributed by atoms with Gasteiger partial charge < -0.3 is 10.4 Å². The molecule has 1 aromatic heterocycles. The molecule has 2 aromatic rings. The topological polar surface area (TPSA) is 110 Å². The van der Waals surface area contributed by atoms with Crippen molar-refractivity contribution >= 4 is 11.6 Å². The molecule has 0 saturated heterocycles. The van der Waals surface area contributed by atoms with Gasteiger partial charge in [0.1, 0.15) is 5.60 Å². The first-order chi connectivity index (χ1) is 11.5. The third-order valence-electron chi connectivity index (χ3n) is 4.26. The molecule has 0 saturated carbocycles. The molecular formula is C17H22N4O4. The minimum absolute atomic E-state index is 0.0436. The minimum Gasteiger partial charge on any atom is -0.383 e. The van der Waals surface area contributed by atoms with Crippen LogP contribution in [0.2, 0.25) is 0 Å². The molecule has 0 aliphatic rings. The fraction of sp³-hybridized carbons (Fsp3) is 0.412. The summed E-state index contributed by atoms with van der Waals surface area (Å²) >= 11 is 0. The second kappa shape index (κ2) is 6.64. The van der Waals surface area contributed by atoms with Crippen LogP contribution in [0.3, 0.4) is 0 Å². The van der Waals surface area contributed by atoms with E-state index in [2.05, 4.69) is 10.4 Å². The fourth-order valence-corrected chi connectivity index (χ4v) is 2.95. The van der Waals surface area contributed by atoms with Gasteiger partial charge in [-0.15, -0.1) is 0 Å². The van der Waals surface area contributed by atoms with Gasteiger partial charge in [-0.25, -0.2) is 0 Å². The highest BCUT2D eigenvalue weighted by atomic mass is 16.6. The van der Waals surface area contributed by atoms with Crippen LogP contribution >= 0.6 is 0 Å².